The van der Waals surface area contributed by atoms with Gasteiger partial charge in [0.1, 0.15) is 16.5 Å². The van der Waals surface area contributed by atoms with E-state index in [4.69, 9.17) is 13.9 Å². The van der Waals surface area contributed by atoms with Gasteiger partial charge in [-0.25, -0.2) is 4.98 Å². The van der Waals surface area contributed by atoms with Gasteiger partial charge in [-0.3, -0.25) is 9.59 Å². The first-order chi connectivity index (χ1) is 17.0. The van der Waals surface area contributed by atoms with Gasteiger partial charge in [-0.1, -0.05) is 12.1 Å². The number of hydrogen-bond donors (Lipinski definition) is 1. The third-order valence-corrected chi connectivity index (χ3v) is 6.28. The van der Waals surface area contributed by atoms with Crippen molar-refractivity contribution in [1.82, 2.24) is 15.2 Å². The summed E-state index contributed by atoms with van der Waals surface area (Å²) < 4.78 is 16.2. The maximum Gasteiger partial charge on any atom is 0.274 e. The van der Waals surface area contributed by atoms with E-state index in [-0.39, 0.29) is 18.4 Å². The van der Waals surface area contributed by atoms with Crippen LogP contribution in [-0.4, -0.2) is 43.0 Å². The zero-order chi connectivity index (χ0) is 24.8. The number of nitrogens with one attached hydrogen (secondary N) is 1. The second-order valence-corrected chi connectivity index (χ2v) is 8.48. The van der Waals surface area contributed by atoms with E-state index < -0.39 is 0 Å². The van der Waals surface area contributed by atoms with Gasteiger partial charge < -0.3 is 24.1 Å². The molecule has 9 heteroatoms. The fourth-order valence-corrected chi connectivity index (χ4v) is 4.34. The van der Waals surface area contributed by atoms with E-state index in [0.717, 1.165) is 11.1 Å². The number of carbonyl (C=O) groups is 2. The summed E-state index contributed by atoms with van der Waals surface area (Å²) in [7, 11) is 4.74. The summed E-state index contributed by atoms with van der Waals surface area (Å²) in [5, 5.41) is 5.05. The standard InChI is InChI=1S/C26H25N3O5S/c1-27-24(30)18-8-6-17(7-9-18)14-29(15-20-5-4-12-34-20)26(31)21-16-35-25(28-21)19-10-11-22(32-2)23(13-19)33-3/h4-13,16H,14-15H2,1-3H3,(H,27,30). The molecule has 0 unspecified atom stereocenters. The van der Waals surface area contributed by atoms with Crippen molar-refractivity contribution in [3.05, 3.63) is 88.8 Å². The number of rotatable bonds is 9. The maximum absolute atomic E-state index is 13.5. The van der Waals surface area contributed by atoms with Gasteiger partial charge in [0.15, 0.2) is 11.5 Å². The Labute approximate surface area is 207 Å². The van der Waals surface area contributed by atoms with E-state index in [1.165, 1.54) is 11.3 Å². The summed E-state index contributed by atoms with van der Waals surface area (Å²) in [5.74, 6) is 1.49. The summed E-state index contributed by atoms with van der Waals surface area (Å²) in [6, 6.07) is 16.3. The third kappa shape index (κ3) is 5.52. The van der Waals surface area contributed by atoms with Crippen molar-refractivity contribution in [1.29, 1.82) is 0 Å². The average molecular weight is 492 g/mol. The first-order valence-electron chi connectivity index (χ1n) is 10.8. The molecule has 0 bridgehead atoms. The summed E-state index contributed by atoms with van der Waals surface area (Å²) in [6.07, 6.45) is 1.58. The molecule has 4 aromatic rings. The number of methoxy groups -OCH3 is 2. The number of thiazole rings is 1. The lowest BCUT2D eigenvalue weighted by atomic mass is 10.1. The highest BCUT2D eigenvalue weighted by atomic mass is 32.1. The zero-order valence-electron chi connectivity index (χ0n) is 19.6. The van der Waals surface area contributed by atoms with Gasteiger partial charge in [0.05, 0.1) is 27.0 Å². The van der Waals surface area contributed by atoms with Crippen molar-refractivity contribution in [2.24, 2.45) is 0 Å². The first-order valence-corrected chi connectivity index (χ1v) is 11.7. The second kappa shape index (κ2) is 10.9. The molecule has 4 rings (SSSR count). The fourth-order valence-electron chi connectivity index (χ4n) is 3.55. The van der Waals surface area contributed by atoms with Crippen LogP contribution in [0.3, 0.4) is 0 Å². The largest absolute Gasteiger partial charge is 0.493 e. The van der Waals surface area contributed by atoms with Gasteiger partial charge in [-0.05, 0) is 48.0 Å². The van der Waals surface area contributed by atoms with Gasteiger partial charge in [-0.2, -0.15) is 0 Å². The molecule has 0 aliphatic rings. The molecule has 1 N–H and O–H groups in total. The number of furan rings is 1. The van der Waals surface area contributed by atoms with Crippen molar-refractivity contribution in [2.45, 2.75) is 13.1 Å². The molecule has 0 radical (unpaired) electrons. The highest BCUT2D eigenvalue weighted by molar-refractivity contribution is 7.13. The number of hydrogen-bond acceptors (Lipinski definition) is 7. The smallest absolute Gasteiger partial charge is 0.274 e. The molecule has 8 nitrogen and oxygen atoms in total. The van der Waals surface area contributed by atoms with E-state index in [0.29, 0.717) is 40.1 Å². The minimum absolute atomic E-state index is 0.162. The highest BCUT2D eigenvalue weighted by Crippen LogP contribution is 2.33. The molecular formula is C26H25N3O5S. The van der Waals surface area contributed by atoms with Gasteiger partial charge in [0.25, 0.3) is 11.8 Å². The van der Waals surface area contributed by atoms with Gasteiger partial charge in [0.2, 0.25) is 0 Å². The highest BCUT2D eigenvalue weighted by Gasteiger charge is 2.21. The Morgan fingerprint density at radius 3 is 2.46 bits per heavy atom. The predicted molar refractivity (Wildman–Crippen MR) is 133 cm³/mol. The lowest BCUT2D eigenvalue weighted by Crippen LogP contribution is -2.30. The Morgan fingerprint density at radius 1 is 1.03 bits per heavy atom. The first kappa shape index (κ1) is 24.0. The number of ether oxygens (including phenoxy) is 2. The Hall–Kier alpha value is -4.11. The summed E-state index contributed by atoms with van der Waals surface area (Å²) in [4.78, 5) is 31.6. The third-order valence-electron chi connectivity index (χ3n) is 5.38. The Balaban J connectivity index is 1.58. The molecule has 2 amide bonds. The molecule has 0 atom stereocenters. The minimum Gasteiger partial charge on any atom is -0.493 e. The van der Waals surface area contributed by atoms with Crippen LogP contribution in [0.25, 0.3) is 10.6 Å². The van der Waals surface area contributed by atoms with Crippen molar-refractivity contribution < 1.29 is 23.5 Å². The fraction of sp³-hybridized carbons (Fsp3) is 0.192. The van der Waals surface area contributed by atoms with E-state index in [9.17, 15) is 9.59 Å². The quantitative estimate of drug-likeness (QED) is 0.367. The van der Waals surface area contributed by atoms with Crippen molar-refractivity contribution in [3.8, 4) is 22.1 Å². The Morgan fingerprint density at radius 2 is 1.80 bits per heavy atom. The molecule has 2 aromatic heterocycles. The van der Waals surface area contributed by atoms with Gasteiger partial charge >= 0.3 is 0 Å². The van der Waals surface area contributed by atoms with Crippen LogP contribution in [0.5, 0.6) is 11.5 Å². The van der Waals surface area contributed by atoms with Crippen LogP contribution >= 0.6 is 11.3 Å². The van der Waals surface area contributed by atoms with Crippen molar-refractivity contribution in [3.63, 3.8) is 0 Å². The molecular weight excluding hydrogens is 466 g/mol. The normalized spacial score (nSPS) is 10.6. The maximum atomic E-state index is 13.5. The van der Waals surface area contributed by atoms with Crippen LogP contribution in [-0.2, 0) is 13.1 Å². The lowest BCUT2D eigenvalue weighted by Gasteiger charge is -2.21. The van der Waals surface area contributed by atoms with Crippen LogP contribution in [0, 0.1) is 0 Å². The Bertz CT molecular complexity index is 1300. The molecule has 0 saturated heterocycles. The minimum atomic E-state index is -0.222. The number of carbonyl (C=O) groups excluding carboxylic acids is 2. The molecule has 0 aliphatic heterocycles. The molecule has 0 aliphatic carbocycles. The van der Waals surface area contributed by atoms with Crippen molar-refractivity contribution >= 4 is 23.2 Å². The van der Waals surface area contributed by atoms with E-state index in [1.807, 2.05) is 36.4 Å². The van der Waals surface area contributed by atoms with E-state index >= 15 is 0 Å². The zero-order valence-corrected chi connectivity index (χ0v) is 20.4. The molecule has 35 heavy (non-hydrogen) atoms. The van der Waals surface area contributed by atoms with Crippen LogP contribution in [0.4, 0.5) is 0 Å². The van der Waals surface area contributed by atoms with Crippen molar-refractivity contribution in [2.75, 3.05) is 21.3 Å². The SMILES string of the molecule is CNC(=O)c1ccc(CN(Cc2ccco2)C(=O)c2csc(-c3ccc(OC)c(OC)c3)n2)cc1. The number of aromatic nitrogens is 1. The molecule has 0 saturated carbocycles. The molecule has 180 valence electrons. The average Bonchev–Trinajstić information content (AvgIpc) is 3.60. The van der Waals surface area contributed by atoms with Crippen LogP contribution in [0.1, 0.15) is 32.2 Å². The van der Waals surface area contributed by atoms with Gasteiger partial charge in [0, 0.05) is 30.1 Å². The number of amides is 2. The van der Waals surface area contributed by atoms with E-state index in [2.05, 4.69) is 10.3 Å². The lowest BCUT2D eigenvalue weighted by molar-refractivity contribution is 0.0712. The summed E-state index contributed by atoms with van der Waals surface area (Å²) in [6.45, 7) is 0.614. The van der Waals surface area contributed by atoms with Gasteiger partial charge in [-0.15, -0.1) is 11.3 Å². The molecule has 0 spiro atoms. The number of nitrogens with zero attached hydrogens (tertiary/aromatic N) is 2. The number of benzene rings is 2. The molecule has 2 aromatic carbocycles. The monoisotopic (exact) mass is 491 g/mol. The molecule has 0 fully saturated rings. The topological polar surface area (TPSA) is 93.9 Å². The molecule has 2 heterocycles. The summed E-state index contributed by atoms with van der Waals surface area (Å²) >= 11 is 1.38. The summed E-state index contributed by atoms with van der Waals surface area (Å²) in [5.41, 5.74) is 2.61. The predicted octanol–water partition coefficient (Wildman–Crippen LogP) is 4.62. The second-order valence-electron chi connectivity index (χ2n) is 7.62. The Kier molecular flexibility index (Phi) is 7.47. The van der Waals surface area contributed by atoms with E-state index in [1.54, 1.807) is 56.0 Å². The van der Waals surface area contributed by atoms with Crippen LogP contribution in [0.15, 0.2) is 70.7 Å². The van der Waals surface area contributed by atoms with Crippen LogP contribution < -0.4 is 14.8 Å². The van der Waals surface area contributed by atoms with Crippen LogP contribution in [0.2, 0.25) is 0 Å².